The zero-order valence-corrected chi connectivity index (χ0v) is 23.2. The number of fused-ring (bicyclic) bond motifs is 1. The second-order valence-electron chi connectivity index (χ2n) is 11.5. The van der Waals surface area contributed by atoms with Crippen LogP contribution < -0.4 is 0 Å². The van der Waals surface area contributed by atoms with E-state index < -0.39 is 41.1 Å². The van der Waals surface area contributed by atoms with Gasteiger partial charge >= 0.3 is 5.97 Å². The van der Waals surface area contributed by atoms with Gasteiger partial charge in [-0.2, -0.15) is 0 Å². The first-order chi connectivity index (χ1) is 18.4. The number of nitrogens with zero attached hydrogens (tertiary/aromatic N) is 2. The Bertz CT molecular complexity index is 912. The van der Waals surface area contributed by atoms with E-state index in [0.717, 1.165) is 38.5 Å². The van der Waals surface area contributed by atoms with Crippen LogP contribution in [0.25, 0.3) is 0 Å². The quantitative estimate of drug-likeness (QED) is 0.221. The molecule has 38 heavy (non-hydrogen) atoms. The second kappa shape index (κ2) is 11.9. The highest BCUT2D eigenvalue weighted by Gasteiger charge is 2.79. The Hall–Kier alpha value is -2.19. The highest BCUT2D eigenvalue weighted by Crippen LogP contribution is 2.65. The Morgan fingerprint density at radius 1 is 1.21 bits per heavy atom. The molecule has 4 rings (SSSR count). The van der Waals surface area contributed by atoms with Gasteiger partial charge < -0.3 is 24.4 Å². The number of hydrogen-bond donors (Lipinski definition) is 1. The van der Waals surface area contributed by atoms with E-state index >= 15 is 0 Å². The minimum absolute atomic E-state index is 0.0835. The molecule has 1 N–H and O–H groups in total. The number of ether oxygens (including phenoxy) is 2. The summed E-state index contributed by atoms with van der Waals surface area (Å²) in [6.07, 6.45) is 12.2. The maximum Gasteiger partial charge on any atom is 0.312 e. The topological polar surface area (TPSA) is 96.4 Å². The van der Waals surface area contributed by atoms with Gasteiger partial charge in [0, 0.05) is 12.6 Å². The van der Waals surface area contributed by atoms with Gasteiger partial charge in [-0.1, -0.05) is 45.3 Å². The summed E-state index contributed by atoms with van der Waals surface area (Å²) in [6, 6.07) is -1.33. The molecule has 0 aromatic rings. The minimum Gasteiger partial charge on any atom is -0.465 e. The zero-order valence-electron chi connectivity index (χ0n) is 23.2. The van der Waals surface area contributed by atoms with Crippen molar-refractivity contribution in [1.82, 2.24) is 9.80 Å². The standard InChI is InChI=1S/C30H46N2O6/c1-5-9-13-19-37-28(36)24-23-26(34)32(21(7-3)20-33)25(30(23)17-16-29(24,8-4)38-30)27(35)31(18-6-2)22-14-11-10-12-15-22/h5-6,21-25,33H,1-2,7-20H2,3-4H3/t21-,23-,24+,25?,29-,30?/m0/s1. The largest absolute Gasteiger partial charge is 0.465 e. The third-order valence-electron chi connectivity index (χ3n) is 9.60. The van der Waals surface area contributed by atoms with Gasteiger partial charge in [-0.15, -0.1) is 13.2 Å². The Morgan fingerprint density at radius 3 is 2.55 bits per heavy atom. The summed E-state index contributed by atoms with van der Waals surface area (Å²) in [6.45, 7) is 11.9. The highest BCUT2D eigenvalue weighted by atomic mass is 16.6. The molecule has 0 aromatic heterocycles. The lowest BCUT2D eigenvalue weighted by Crippen LogP contribution is -2.60. The van der Waals surface area contributed by atoms with Crippen LogP contribution in [0, 0.1) is 11.8 Å². The van der Waals surface area contributed by atoms with Crippen molar-refractivity contribution >= 4 is 17.8 Å². The number of aliphatic hydroxyl groups is 1. The molecular weight excluding hydrogens is 484 g/mol. The van der Waals surface area contributed by atoms with Gasteiger partial charge in [-0.3, -0.25) is 14.4 Å². The van der Waals surface area contributed by atoms with Gasteiger partial charge in [0.1, 0.15) is 17.6 Å². The molecule has 2 bridgehead atoms. The first kappa shape index (κ1) is 28.8. The van der Waals surface area contributed by atoms with Crippen LogP contribution in [0.2, 0.25) is 0 Å². The summed E-state index contributed by atoms with van der Waals surface area (Å²) >= 11 is 0. The fourth-order valence-corrected chi connectivity index (χ4v) is 7.70. The van der Waals surface area contributed by atoms with Gasteiger partial charge in [0.05, 0.1) is 30.8 Å². The number of amides is 2. The molecule has 2 unspecified atom stereocenters. The molecule has 6 atom stereocenters. The number of esters is 1. The predicted molar refractivity (Wildman–Crippen MR) is 144 cm³/mol. The lowest BCUT2D eigenvalue weighted by molar-refractivity contribution is -0.164. The molecule has 4 aliphatic rings. The molecule has 3 aliphatic heterocycles. The summed E-state index contributed by atoms with van der Waals surface area (Å²) in [5.41, 5.74) is -1.93. The summed E-state index contributed by atoms with van der Waals surface area (Å²) in [5.74, 6) is -2.40. The number of hydrogen-bond acceptors (Lipinski definition) is 6. The first-order valence-corrected chi connectivity index (χ1v) is 14.7. The molecule has 0 radical (unpaired) electrons. The van der Waals surface area contributed by atoms with Crippen LogP contribution in [-0.4, -0.2) is 81.8 Å². The summed E-state index contributed by atoms with van der Waals surface area (Å²) < 4.78 is 12.5. The van der Waals surface area contributed by atoms with Crippen LogP contribution in [0.4, 0.5) is 0 Å². The van der Waals surface area contributed by atoms with Crippen LogP contribution in [-0.2, 0) is 23.9 Å². The number of aliphatic hydroxyl groups excluding tert-OH is 1. The van der Waals surface area contributed by atoms with Crippen molar-refractivity contribution in [2.45, 2.75) is 114 Å². The molecule has 1 saturated carbocycles. The van der Waals surface area contributed by atoms with E-state index in [1.807, 2.05) is 18.7 Å². The van der Waals surface area contributed by atoms with Crippen LogP contribution in [0.1, 0.15) is 84.5 Å². The van der Waals surface area contributed by atoms with E-state index in [2.05, 4.69) is 13.2 Å². The molecule has 212 valence electrons. The van der Waals surface area contributed by atoms with Crippen molar-refractivity contribution in [2.75, 3.05) is 19.8 Å². The molecule has 4 fully saturated rings. The van der Waals surface area contributed by atoms with Crippen molar-refractivity contribution < 1.29 is 29.0 Å². The van der Waals surface area contributed by atoms with Crippen molar-refractivity contribution in [2.24, 2.45) is 11.8 Å². The Balaban J connectivity index is 1.74. The van der Waals surface area contributed by atoms with Gasteiger partial charge in [0.15, 0.2) is 0 Å². The van der Waals surface area contributed by atoms with Crippen molar-refractivity contribution in [1.29, 1.82) is 0 Å². The number of carbonyl (C=O) groups is 3. The Kier molecular flexibility index (Phi) is 9.03. The van der Waals surface area contributed by atoms with E-state index in [0.29, 0.717) is 38.6 Å². The molecule has 0 aromatic carbocycles. The van der Waals surface area contributed by atoms with E-state index in [1.54, 1.807) is 17.1 Å². The SMILES string of the molecule is C=CCCCOC(=O)[C@H]1[C@H]2C(=O)N([C@@H](CC)CO)C(C(=O)N(CC=C)C3CCCCC3)C23CC[C@]1(CC)O3. The predicted octanol–water partition coefficient (Wildman–Crippen LogP) is 3.77. The lowest BCUT2D eigenvalue weighted by atomic mass is 9.65. The Morgan fingerprint density at radius 2 is 1.95 bits per heavy atom. The normalized spacial score (nSPS) is 33.2. The average Bonchev–Trinajstić information content (AvgIpc) is 3.54. The molecule has 8 heteroatoms. The van der Waals surface area contributed by atoms with E-state index in [-0.39, 0.29) is 31.1 Å². The molecule has 2 amide bonds. The lowest BCUT2D eigenvalue weighted by Gasteiger charge is -2.42. The number of carbonyl (C=O) groups excluding carboxylic acids is 3. The van der Waals surface area contributed by atoms with E-state index in [9.17, 15) is 19.5 Å². The van der Waals surface area contributed by atoms with Crippen molar-refractivity contribution in [3.8, 4) is 0 Å². The molecule has 3 saturated heterocycles. The number of unbranched alkanes of at least 4 members (excludes halogenated alkanes) is 1. The Labute approximate surface area is 227 Å². The minimum atomic E-state index is -1.11. The van der Waals surface area contributed by atoms with E-state index in [1.165, 1.54) is 0 Å². The average molecular weight is 531 g/mol. The van der Waals surface area contributed by atoms with E-state index in [4.69, 9.17) is 9.47 Å². The number of rotatable bonds is 13. The number of allylic oxidation sites excluding steroid dienone is 1. The number of likely N-dealkylation sites (tertiary alicyclic amines) is 1. The molecular formula is C30H46N2O6. The molecule has 8 nitrogen and oxygen atoms in total. The van der Waals surface area contributed by atoms with Gasteiger partial charge in [0.2, 0.25) is 11.8 Å². The van der Waals surface area contributed by atoms with Crippen LogP contribution in [0.3, 0.4) is 0 Å². The molecule has 1 aliphatic carbocycles. The summed E-state index contributed by atoms with van der Waals surface area (Å²) in [4.78, 5) is 45.9. The maximum atomic E-state index is 14.6. The third-order valence-corrected chi connectivity index (χ3v) is 9.60. The highest BCUT2D eigenvalue weighted by molar-refractivity contribution is 5.99. The second-order valence-corrected chi connectivity index (χ2v) is 11.5. The smallest absolute Gasteiger partial charge is 0.312 e. The van der Waals surface area contributed by atoms with Gasteiger partial charge in [-0.05, 0) is 51.4 Å². The fourth-order valence-electron chi connectivity index (χ4n) is 7.70. The monoisotopic (exact) mass is 530 g/mol. The first-order valence-electron chi connectivity index (χ1n) is 14.7. The molecule has 1 spiro atoms. The van der Waals surface area contributed by atoms with Gasteiger partial charge in [0.25, 0.3) is 0 Å². The van der Waals surface area contributed by atoms with Crippen molar-refractivity contribution in [3.63, 3.8) is 0 Å². The van der Waals surface area contributed by atoms with Crippen LogP contribution in [0.15, 0.2) is 25.3 Å². The third kappa shape index (κ3) is 4.61. The van der Waals surface area contributed by atoms with Crippen LogP contribution >= 0.6 is 0 Å². The summed E-state index contributed by atoms with van der Waals surface area (Å²) in [5, 5.41) is 10.3. The summed E-state index contributed by atoms with van der Waals surface area (Å²) in [7, 11) is 0. The fraction of sp³-hybridized carbons (Fsp3) is 0.767. The van der Waals surface area contributed by atoms with Gasteiger partial charge in [-0.25, -0.2) is 0 Å². The van der Waals surface area contributed by atoms with Crippen molar-refractivity contribution in [3.05, 3.63) is 25.3 Å². The maximum absolute atomic E-state index is 14.6. The van der Waals surface area contributed by atoms with Crippen LogP contribution in [0.5, 0.6) is 0 Å². The zero-order chi connectivity index (χ0) is 27.5. The molecule has 3 heterocycles.